The summed E-state index contributed by atoms with van der Waals surface area (Å²) in [5, 5.41) is 3.68. The van der Waals surface area contributed by atoms with Crippen LogP contribution in [0.5, 0.6) is 0 Å². The second-order valence-corrected chi connectivity index (χ2v) is 7.36. The van der Waals surface area contributed by atoms with Crippen molar-refractivity contribution < 1.29 is 4.74 Å². The zero-order valence-electron chi connectivity index (χ0n) is 13.9. The molecule has 20 heavy (non-hydrogen) atoms. The van der Waals surface area contributed by atoms with Crippen LogP contribution in [0.15, 0.2) is 0 Å². The average molecular weight is 282 g/mol. The van der Waals surface area contributed by atoms with Crippen LogP contribution in [0.3, 0.4) is 0 Å². The lowest BCUT2D eigenvalue weighted by atomic mass is 9.87. The standard InChI is InChI=1S/C17H34N2O/c1-13(2)11-18-12-16(14(3)4)19-9-10-20-17-8-6-5-7-15(17)19/h13-18H,5-12H2,1-4H3. The molecule has 0 amide bonds. The van der Waals surface area contributed by atoms with E-state index >= 15 is 0 Å². The molecule has 1 aliphatic carbocycles. The van der Waals surface area contributed by atoms with E-state index < -0.39 is 0 Å². The summed E-state index contributed by atoms with van der Waals surface area (Å²) in [4.78, 5) is 2.77. The molecule has 3 atom stereocenters. The maximum Gasteiger partial charge on any atom is 0.0731 e. The van der Waals surface area contributed by atoms with Gasteiger partial charge in [-0.25, -0.2) is 0 Å². The average Bonchev–Trinajstić information content (AvgIpc) is 2.42. The van der Waals surface area contributed by atoms with Crippen molar-refractivity contribution in [1.82, 2.24) is 10.2 Å². The van der Waals surface area contributed by atoms with Crippen molar-refractivity contribution in [2.45, 2.75) is 71.6 Å². The Morgan fingerprint density at radius 1 is 1.10 bits per heavy atom. The molecule has 2 rings (SSSR count). The van der Waals surface area contributed by atoms with Crippen LogP contribution < -0.4 is 5.32 Å². The number of nitrogens with one attached hydrogen (secondary N) is 1. The lowest BCUT2D eigenvalue weighted by molar-refractivity contribution is -0.108. The van der Waals surface area contributed by atoms with E-state index in [1.54, 1.807) is 0 Å². The first-order chi connectivity index (χ1) is 9.59. The summed E-state index contributed by atoms with van der Waals surface area (Å²) in [7, 11) is 0. The Morgan fingerprint density at radius 3 is 2.55 bits per heavy atom. The quantitative estimate of drug-likeness (QED) is 0.811. The Morgan fingerprint density at radius 2 is 1.85 bits per heavy atom. The van der Waals surface area contributed by atoms with Gasteiger partial charge >= 0.3 is 0 Å². The van der Waals surface area contributed by atoms with Gasteiger partial charge in [0.15, 0.2) is 0 Å². The molecule has 2 fully saturated rings. The SMILES string of the molecule is CC(C)CNCC(C(C)C)N1CCOC2CCCCC21. The van der Waals surface area contributed by atoms with Gasteiger partial charge < -0.3 is 10.1 Å². The van der Waals surface area contributed by atoms with Crippen LogP contribution >= 0.6 is 0 Å². The topological polar surface area (TPSA) is 24.5 Å². The van der Waals surface area contributed by atoms with E-state index in [0.29, 0.717) is 24.1 Å². The maximum absolute atomic E-state index is 6.02. The largest absolute Gasteiger partial charge is 0.375 e. The van der Waals surface area contributed by atoms with Crippen LogP contribution in [-0.2, 0) is 4.74 Å². The molecule has 3 unspecified atom stereocenters. The third kappa shape index (κ3) is 4.19. The Balaban J connectivity index is 1.95. The lowest BCUT2D eigenvalue weighted by Gasteiger charge is -2.48. The highest BCUT2D eigenvalue weighted by Gasteiger charge is 2.38. The van der Waals surface area contributed by atoms with E-state index in [2.05, 4.69) is 37.9 Å². The highest BCUT2D eigenvalue weighted by Crippen LogP contribution is 2.31. The first-order valence-electron chi connectivity index (χ1n) is 8.67. The molecular weight excluding hydrogens is 248 g/mol. The summed E-state index contributed by atoms with van der Waals surface area (Å²) < 4.78 is 6.02. The molecule has 1 saturated carbocycles. The van der Waals surface area contributed by atoms with Crippen molar-refractivity contribution in [3.8, 4) is 0 Å². The molecule has 1 heterocycles. The summed E-state index contributed by atoms with van der Waals surface area (Å²) in [6, 6.07) is 1.33. The van der Waals surface area contributed by atoms with Crippen LogP contribution in [0, 0.1) is 11.8 Å². The lowest BCUT2D eigenvalue weighted by Crippen LogP contribution is -2.59. The van der Waals surface area contributed by atoms with Gasteiger partial charge in [-0.1, -0.05) is 40.5 Å². The molecule has 2 aliphatic rings. The minimum atomic E-state index is 0.504. The Bertz CT molecular complexity index is 278. The van der Waals surface area contributed by atoms with E-state index in [9.17, 15) is 0 Å². The van der Waals surface area contributed by atoms with Gasteiger partial charge in [-0.15, -0.1) is 0 Å². The van der Waals surface area contributed by atoms with Gasteiger partial charge in [0.1, 0.15) is 0 Å². The van der Waals surface area contributed by atoms with Crippen LogP contribution in [0.1, 0.15) is 53.4 Å². The second-order valence-electron chi connectivity index (χ2n) is 7.36. The van der Waals surface area contributed by atoms with E-state index in [4.69, 9.17) is 4.74 Å². The fourth-order valence-electron chi connectivity index (χ4n) is 3.79. The first-order valence-corrected chi connectivity index (χ1v) is 8.67. The smallest absolute Gasteiger partial charge is 0.0731 e. The van der Waals surface area contributed by atoms with E-state index in [-0.39, 0.29) is 0 Å². The molecule has 0 aromatic carbocycles. The third-order valence-corrected chi connectivity index (χ3v) is 4.88. The number of nitrogens with zero attached hydrogens (tertiary/aromatic N) is 1. The molecular formula is C17H34N2O. The molecule has 118 valence electrons. The Hall–Kier alpha value is -0.120. The molecule has 1 aliphatic heterocycles. The molecule has 0 aromatic rings. The molecule has 0 spiro atoms. The minimum absolute atomic E-state index is 0.504. The molecule has 3 heteroatoms. The van der Waals surface area contributed by atoms with E-state index in [1.807, 2.05) is 0 Å². The summed E-state index contributed by atoms with van der Waals surface area (Å²) in [5.41, 5.74) is 0. The number of rotatable bonds is 6. The van der Waals surface area contributed by atoms with Crippen molar-refractivity contribution in [3.63, 3.8) is 0 Å². The summed E-state index contributed by atoms with van der Waals surface area (Å²) in [6.07, 6.45) is 5.84. The predicted molar refractivity (Wildman–Crippen MR) is 85.0 cm³/mol. The fourth-order valence-corrected chi connectivity index (χ4v) is 3.79. The fraction of sp³-hybridized carbons (Fsp3) is 1.00. The van der Waals surface area contributed by atoms with E-state index in [1.165, 1.54) is 25.7 Å². The number of ether oxygens (including phenoxy) is 1. The third-order valence-electron chi connectivity index (χ3n) is 4.88. The van der Waals surface area contributed by atoms with Gasteiger partial charge in [0.25, 0.3) is 0 Å². The first kappa shape index (κ1) is 16.3. The van der Waals surface area contributed by atoms with Crippen molar-refractivity contribution >= 4 is 0 Å². The summed E-state index contributed by atoms with van der Waals surface area (Å²) in [5.74, 6) is 1.44. The molecule has 1 saturated heterocycles. The normalized spacial score (nSPS) is 29.7. The van der Waals surface area contributed by atoms with Gasteiger partial charge in [-0.3, -0.25) is 4.90 Å². The van der Waals surface area contributed by atoms with Crippen molar-refractivity contribution in [2.75, 3.05) is 26.2 Å². The zero-order valence-corrected chi connectivity index (χ0v) is 13.9. The van der Waals surface area contributed by atoms with Crippen molar-refractivity contribution in [1.29, 1.82) is 0 Å². The maximum atomic E-state index is 6.02. The number of hydrogen-bond acceptors (Lipinski definition) is 3. The second kappa shape index (κ2) is 7.77. The van der Waals surface area contributed by atoms with Crippen LogP contribution in [0.2, 0.25) is 0 Å². The molecule has 1 N–H and O–H groups in total. The zero-order chi connectivity index (χ0) is 14.5. The Kier molecular flexibility index (Phi) is 6.31. The van der Waals surface area contributed by atoms with Gasteiger partial charge in [-0.05, 0) is 31.2 Å². The molecule has 3 nitrogen and oxygen atoms in total. The van der Waals surface area contributed by atoms with Gasteiger partial charge in [-0.2, -0.15) is 0 Å². The van der Waals surface area contributed by atoms with Crippen LogP contribution in [0.4, 0.5) is 0 Å². The highest BCUT2D eigenvalue weighted by molar-refractivity contribution is 4.92. The van der Waals surface area contributed by atoms with Gasteiger partial charge in [0, 0.05) is 25.2 Å². The van der Waals surface area contributed by atoms with Crippen LogP contribution in [-0.4, -0.2) is 49.3 Å². The molecule has 0 aromatic heterocycles. The minimum Gasteiger partial charge on any atom is -0.375 e. The van der Waals surface area contributed by atoms with E-state index in [0.717, 1.165) is 32.2 Å². The monoisotopic (exact) mass is 282 g/mol. The van der Waals surface area contributed by atoms with Crippen molar-refractivity contribution in [2.24, 2.45) is 11.8 Å². The van der Waals surface area contributed by atoms with Gasteiger partial charge in [0.2, 0.25) is 0 Å². The van der Waals surface area contributed by atoms with Crippen LogP contribution in [0.25, 0.3) is 0 Å². The molecule has 0 radical (unpaired) electrons. The van der Waals surface area contributed by atoms with Gasteiger partial charge in [0.05, 0.1) is 12.7 Å². The number of fused-ring (bicyclic) bond motifs is 1. The highest BCUT2D eigenvalue weighted by atomic mass is 16.5. The number of morpholine rings is 1. The van der Waals surface area contributed by atoms with Crippen molar-refractivity contribution in [3.05, 3.63) is 0 Å². The number of hydrogen-bond donors (Lipinski definition) is 1. The summed E-state index contributed by atoms with van der Waals surface area (Å²) in [6.45, 7) is 13.6. The molecule has 0 bridgehead atoms. The Labute approximate surface area is 125 Å². The summed E-state index contributed by atoms with van der Waals surface area (Å²) >= 11 is 0. The predicted octanol–water partition coefficient (Wildman–Crippen LogP) is 2.90.